The number of allylic oxidation sites excluding steroid dienone is 18. The molecule has 0 saturated carbocycles. The number of esters is 2. The molecule has 0 amide bonds. The fraction of sp³-hybridized carbons (Fsp3) is 0.672. The number of rotatable bonds is 49. The summed E-state index contributed by atoms with van der Waals surface area (Å²) >= 11 is 0. The molecular weight excluding hydrogens is 813 g/mol. The lowest BCUT2D eigenvalue weighted by Crippen LogP contribution is -2.30. The molecule has 66 heavy (non-hydrogen) atoms. The molecule has 5 heteroatoms. The van der Waals surface area contributed by atoms with Gasteiger partial charge in [-0.25, -0.2) is 0 Å². The zero-order valence-corrected chi connectivity index (χ0v) is 43.2. The maximum Gasteiger partial charge on any atom is 0.306 e. The molecule has 0 aromatic carbocycles. The Bertz CT molecular complexity index is 1310. The summed E-state index contributed by atoms with van der Waals surface area (Å²) in [4.78, 5) is 25.5. The topological polar surface area (TPSA) is 61.8 Å². The summed E-state index contributed by atoms with van der Waals surface area (Å²) in [5.41, 5.74) is 0. The molecule has 0 N–H and O–H groups in total. The summed E-state index contributed by atoms with van der Waals surface area (Å²) in [6, 6.07) is 0. The minimum atomic E-state index is -0.574. The van der Waals surface area contributed by atoms with E-state index in [0.29, 0.717) is 19.4 Å². The van der Waals surface area contributed by atoms with Crippen LogP contribution in [0.15, 0.2) is 109 Å². The largest absolute Gasteiger partial charge is 0.462 e. The highest BCUT2D eigenvalue weighted by atomic mass is 16.6. The molecular formula is C61H102O5. The predicted molar refractivity (Wildman–Crippen MR) is 288 cm³/mol. The zero-order chi connectivity index (χ0) is 47.7. The van der Waals surface area contributed by atoms with Crippen LogP contribution in [0.2, 0.25) is 0 Å². The second-order valence-electron chi connectivity index (χ2n) is 17.7. The highest BCUT2D eigenvalue weighted by molar-refractivity contribution is 5.70. The molecule has 0 heterocycles. The molecule has 5 nitrogen and oxygen atoms in total. The summed E-state index contributed by atoms with van der Waals surface area (Å²) in [5.74, 6) is -0.481. The molecule has 0 spiro atoms. The molecule has 0 radical (unpaired) electrons. The van der Waals surface area contributed by atoms with Gasteiger partial charge in [0.15, 0.2) is 6.10 Å². The van der Waals surface area contributed by atoms with Crippen molar-refractivity contribution >= 4 is 11.9 Å². The van der Waals surface area contributed by atoms with Crippen LogP contribution in [0.25, 0.3) is 0 Å². The summed E-state index contributed by atoms with van der Waals surface area (Å²) in [5, 5.41) is 0. The van der Waals surface area contributed by atoms with Gasteiger partial charge in [-0.3, -0.25) is 9.59 Å². The van der Waals surface area contributed by atoms with Gasteiger partial charge in [0.1, 0.15) is 6.61 Å². The highest BCUT2D eigenvalue weighted by Crippen LogP contribution is 2.13. The molecule has 0 aliphatic rings. The van der Waals surface area contributed by atoms with Gasteiger partial charge in [-0.1, -0.05) is 220 Å². The molecule has 376 valence electrons. The average Bonchev–Trinajstić information content (AvgIpc) is 3.32. The second-order valence-corrected chi connectivity index (χ2v) is 17.7. The molecule has 1 unspecified atom stereocenters. The standard InChI is InChI=1S/C61H102O5/c1-4-7-10-13-16-19-22-25-28-31-33-36-39-42-45-48-51-54-60(62)65-58-59(57-64-56-53-50-47-44-41-38-35-30-27-24-21-18-15-12-9-6-3)66-61(63)55-52-49-46-43-40-37-34-32-29-26-23-20-17-14-11-8-5-2/h7-8,10-11,16-17,19-20,25-30,33,36,42,45,59H,4-6,9,12-15,18,21-24,31-32,34-35,37-41,43-44,46-58H2,1-3H3/b10-7-,11-8-,19-16-,20-17-,28-25-,29-26-,30-27-,36-33-,45-42-. The van der Waals surface area contributed by atoms with E-state index < -0.39 is 6.10 Å². The lowest BCUT2D eigenvalue weighted by molar-refractivity contribution is -0.163. The minimum Gasteiger partial charge on any atom is -0.462 e. The molecule has 0 bridgehead atoms. The van der Waals surface area contributed by atoms with E-state index >= 15 is 0 Å². The summed E-state index contributed by atoms with van der Waals surface area (Å²) in [7, 11) is 0. The van der Waals surface area contributed by atoms with Crippen molar-refractivity contribution in [2.75, 3.05) is 19.8 Å². The Morgan fingerprint density at radius 1 is 0.348 bits per heavy atom. The Hall–Kier alpha value is -3.44. The van der Waals surface area contributed by atoms with E-state index in [4.69, 9.17) is 14.2 Å². The molecule has 0 aliphatic carbocycles. The smallest absolute Gasteiger partial charge is 0.306 e. The van der Waals surface area contributed by atoms with Crippen molar-refractivity contribution in [2.24, 2.45) is 0 Å². The van der Waals surface area contributed by atoms with Crippen LogP contribution in [0.1, 0.15) is 239 Å². The van der Waals surface area contributed by atoms with Crippen LogP contribution in [0.4, 0.5) is 0 Å². The van der Waals surface area contributed by atoms with E-state index in [0.717, 1.165) is 103 Å². The van der Waals surface area contributed by atoms with Crippen molar-refractivity contribution in [2.45, 2.75) is 245 Å². The van der Waals surface area contributed by atoms with Gasteiger partial charge in [-0.15, -0.1) is 0 Å². The first-order valence-electron chi connectivity index (χ1n) is 27.4. The van der Waals surface area contributed by atoms with Crippen molar-refractivity contribution in [1.82, 2.24) is 0 Å². The van der Waals surface area contributed by atoms with E-state index in [-0.39, 0.29) is 25.2 Å². The van der Waals surface area contributed by atoms with Gasteiger partial charge in [-0.2, -0.15) is 0 Å². The maximum absolute atomic E-state index is 12.8. The molecule has 0 aromatic heterocycles. The van der Waals surface area contributed by atoms with Gasteiger partial charge in [0.2, 0.25) is 0 Å². The van der Waals surface area contributed by atoms with E-state index in [1.807, 2.05) is 0 Å². The first-order valence-corrected chi connectivity index (χ1v) is 27.4. The van der Waals surface area contributed by atoms with Crippen molar-refractivity contribution in [3.05, 3.63) is 109 Å². The Morgan fingerprint density at radius 2 is 0.697 bits per heavy atom. The van der Waals surface area contributed by atoms with E-state index in [1.165, 1.54) is 103 Å². The van der Waals surface area contributed by atoms with E-state index in [1.54, 1.807) is 0 Å². The minimum absolute atomic E-state index is 0.0438. The highest BCUT2D eigenvalue weighted by Gasteiger charge is 2.17. The van der Waals surface area contributed by atoms with E-state index in [9.17, 15) is 9.59 Å². The number of hydrogen-bond donors (Lipinski definition) is 0. The van der Waals surface area contributed by atoms with Crippen molar-refractivity contribution in [3.8, 4) is 0 Å². The Kier molecular flexibility index (Phi) is 53.0. The third kappa shape index (κ3) is 53.2. The van der Waals surface area contributed by atoms with Gasteiger partial charge in [0.05, 0.1) is 6.61 Å². The SMILES string of the molecule is CC/C=C\C/C=C\C/C=C\C/C=C\C/C=C\CCCC(=O)OCC(COCCCCCCCC/C=C\CCCCCCCC)OC(=O)CCCCCCCCC/C=C\C/C=C\C/C=C\CC. The van der Waals surface area contributed by atoms with Crippen LogP contribution in [0, 0.1) is 0 Å². The third-order valence-electron chi connectivity index (χ3n) is 11.3. The fourth-order valence-corrected chi connectivity index (χ4v) is 7.26. The number of hydrogen-bond acceptors (Lipinski definition) is 5. The van der Waals surface area contributed by atoms with Crippen molar-refractivity contribution < 1.29 is 23.8 Å². The summed E-state index contributed by atoms with van der Waals surface area (Å²) in [6.07, 6.45) is 76.8. The molecule has 0 aromatic rings. The first-order chi connectivity index (χ1) is 32.6. The number of unbranched alkanes of at least 4 members (excludes halogenated alkanes) is 20. The van der Waals surface area contributed by atoms with Gasteiger partial charge in [-0.05, 0) is 116 Å². The summed E-state index contributed by atoms with van der Waals surface area (Å²) < 4.78 is 17.4. The fourth-order valence-electron chi connectivity index (χ4n) is 7.26. The first kappa shape index (κ1) is 62.6. The number of carbonyl (C=O) groups is 2. The Balaban J connectivity index is 4.41. The average molecular weight is 915 g/mol. The zero-order valence-electron chi connectivity index (χ0n) is 43.2. The van der Waals surface area contributed by atoms with Crippen LogP contribution >= 0.6 is 0 Å². The Labute approximate surface area is 408 Å². The predicted octanol–water partition coefficient (Wildman–Crippen LogP) is 18.8. The van der Waals surface area contributed by atoms with Crippen LogP contribution in [0.3, 0.4) is 0 Å². The maximum atomic E-state index is 12.8. The second kappa shape index (κ2) is 55.9. The van der Waals surface area contributed by atoms with Crippen LogP contribution < -0.4 is 0 Å². The van der Waals surface area contributed by atoms with Gasteiger partial charge < -0.3 is 14.2 Å². The van der Waals surface area contributed by atoms with Crippen LogP contribution in [-0.4, -0.2) is 37.9 Å². The van der Waals surface area contributed by atoms with Crippen LogP contribution in [-0.2, 0) is 23.8 Å². The van der Waals surface area contributed by atoms with Gasteiger partial charge in [0.25, 0.3) is 0 Å². The molecule has 0 aliphatic heterocycles. The van der Waals surface area contributed by atoms with E-state index in [2.05, 4.69) is 130 Å². The molecule has 0 fully saturated rings. The molecule has 0 saturated heterocycles. The Morgan fingerprint density at radius 3 is 1.15 bits per heavy atom. The lowest BCUT2D eigenvalue weighted by atomic mass is 10.1. The molecule has 1 atom stereocenters. The quantitative estimate of drug-likeness (QED) is 0.0346. The third-order valence-corrected chi connectivity index (χ3v) is 11.3. The summed E-state index contributed by atoms with van der Waals surface area (Å²) in [6.45, 7) is 7.52. The van der Waals surface area contributed by atoms with Gasteiger partial charge in [0, 0.05) is 19.4 Å². The number of ether oxygens (including phenoxy) is 3. The molecule has 0 rings (SSSR count). The lowest BCUT2D eigenvalue weighted by Gasteiger charge is -2.18. The number of carbonyl (C=O) groups excluding carboxylic acids is 2. The normalized spacial score (nSPS) is 13.1. The monoisotopic (exact) mass is 915 g/mol. The van der Waals surface area contributed by atoms with Crippen molar-refractivity contribution in [3.63, 3.8) is 0 Å². The van der Waals surface area contributed by atoms with Gasteiger partial charge >= 0.3 is 11.9 Å². The van der Waals surface area contributed by atoms with Crippen LogP contribution in [0.5, 0.6) is 0 Å². The van der Waals surface area contributed by atoms with Crippen molar-refractivity contribution in [1.29, 1.82) is 0 Å².